The van der Waals surface area contributed by atoms with E-state index in [-0.39, 0.29) is 5.84 Å². The predicted octanol–water partition coefficient (Wildman–Crippen LogP) is 3.13. The van der Waals surface area contributed by atoms with Crippen molar-refractivity contribution in [2.45, 2.75) is 6.92 Å². The van der Waals surface area contributed by atoms with Crippen molar-refractivity contribution < 1.29 is 9.63 Å². The SMILES string of the molecule is Cc1cccc(C(N)=NOC(=O)c2ccc(Cl)cc2)c1. The molecule has 2 N–H and O–H groups in total. The van der Waals surface area contributed by atoms with Crippen LogP contribution in [-0.4, -0.2) is 11.8 Å². The molecule has 0 aromatic heterocycles. The van der Waals surface area contributed by atoms with Gasteiger partial charge in [0.05, 0.1) is 5.56 Å². The van der Waals surface area contributed by atoms with Gasteiger partial charge in [-0.05, 0) is 37.3 Å². The molecular formula is C15H13ClN2O2. The zero-order valence-corrected chi connectivity index (χ0v) is 11.6. The minimum Gasteiger partial charge on any atom is -0.380 e. The van der Waals surface area contributed by atoms with E-state index in [9.17, 15) is 4.79 Å². The van der Waals surface area contributed by atoms with Crippen LogP contribution in [0.5, 0.6) is 0 Å². The Morgan fingerprint density at radius 2 is 1.85 bits per heavy atom. The Morgan fingerprint density at radius 1 is 1.15 bits per heavy atom. The van der Waals surface area contributed by atoms with E-state index in [2.05, 4.69) is 5.16 Å². The monoisotopic (exact) mass is 288 g/mol. The lowest BCUT2D eigenvalue weighted by Crippen LogP contribution is -2.15. The van der Waals surface area contributed by atoms with Crippen molar-refractivity contribution in [2.24, 2.45) is 10.9 Å². The first kappa shape index (κ1) is 14.1. The average Bonchev–Trinajstić information content (AvgIpc) is 2.45. The molecule has 2 rings (SSSR count). The maximum Gasteiger partial charge on any atom is 0.365 e. The van der Waals surface area contributed by atoms with Crippen molar-refractivity contribution >= 4 is 23.4 Å². The van der Waals surface area contributed by atoms with E-state index >= 15 is 0 Å². The molecule has 0 aliphatic heterocycles. The third kappa shape index (κ3) is 3.59. The summed E-state index contributed by atoms with van der Waals surface area (Å²) in [6.45, 7) is 1.94. The molecule has 0 bridgehead atoms. The first-order chi connectivity index (χ1) is 9.56. The molecule has 0 aliphatic carbocycles. The Bertz CT molecular complexity index is 651. The fraction of sp³-hybridized carbons (Fsp3) is 0.0667. The lowest BCUT2D eigenvalue weighted by molar-refractivity contribution is 0.0516. The van der Waals surface area contributed by atoms with Crippen LogP contribution in [0.15, 0.2) is 53.7 Å². The van der Waals surface area contributed by atoms with Crippen LogP contribution in [0.3, 0.4) is 0 Å². The number of amidine groups is 1. The summed E-state index contributed by atoms with van der Waals surface area (Å²) in [5, 5.41) is 4.19. The van der Waals surface area contributed by atoms with Gasteiger partial charge in [-0.1, -0.05) is 40.5 Å². The molecule has 5 heteroatoms. The van der Waals surface area contributed by atoms with Crippen LogP contribution >= 0.6 is 11.6 Å². The fourth-order valence-electron chi connectivity index (χ4n) is 1.59. The number of rotatable bonds is 3. The molecule has 0 radical (unpaired) electrons. The molecule has 0 fully saturated rings. The largest absolute Gasteiger partial charge is 0.380 e. The van der Waals surface area contributed by atoms with Gasteiger partial charge >= 0.3 is 5.97 Å². The smallest absolute Gasteiger partial charge is 0.365 e. The van der Waals surface area contributed by atoms with Crippen LogP contribution in [0, 0.1) is 6.92 Å². The summed E-state index contributed by atoms with van der Waals surface area (Å²) in [5.74, 6) is -0.437. The van der Waals surface area contributed by atoms with E-state index in [1.807, 2.05) is 25.1 Å². The number of nitrogens with zero attached hydrogens (tertiary/aromatic N) is 1. The number of hydrogen-bond donors (Lipinski definition) is 1. The van der Waals surface area contributed by atoms with Gasteiger partial charge < -0.3 is 10.6 Å². The van der Waals surface area contributed by atoms with Gasteiger partial charge in [0.25, 0.3) is 0 Å². The maximum atomic E-state index is 11.7. The first-order valence-corrected chi connectivity index (χ1v) is 6.31. The predicted molar refractivity (Wildman–Crippen MR) is 78.8 cm³/mol. The summed E-state index contributed by atoms with van der Waals surface area (Å²) < 4.78 is 0. The second-order valence-corrected chi connectivity index (χ2v) is 4.67. The van der Waals surface area contributed by atoms with Crippen molar-refractivity contribution in [3.63, 3.8) is 0 Å². The Balaban J connectivity index is 2.08. The summed E-state index contributed by atoms with van der Waals surface area (Å²) >= 11 is 5.74. The molecule has 2 aromatic rings. The molecule has 2 aromatic carbocycles. The quantitative estimate of drug-likeness (QED) is 0.408. The van der Waals surface area contributed by atoms with Crippen molar-refractivity contribution in [1.82, 2.24) is 0 Å². The van der Waals surface area contributed by atoms with Crippen molar-refractivity contribution in [1.29, 1.82) is 0 Å². The molecule has 0 unspecified atom stereocenters. The number of carbonyl (C=O) groups excluding carboxylic acids is 1. The van der Waals surface area contributed by atoms with Gasteiger partial charge in [0.15, 0.2) is 5.84 Å². The summed E-state index contributed by atoms with van der Waals surface area (Å²) in [6, 6.07) is 13.8. The third-order valence-electron chi connectivity index (χ3n) is 2.62. The lowest BCUT2D eigenvalue weighted by atomic mass is 10.1. The van der Waals surface area contributed by atoms with E-state index in [4.69, 9.17) is 22.2 Å². The number of oxime groups is 1. The molecular weight excluding hydrogens is 276 g/mol. The highest BCUT2D eigenvalue weighted by atomic mass is 35.5. The van der Waals surface area contributed by atoms with E-state index in [1.54, 1.807) is 30.3 Å². The van der Waals surface area contributed by atoms with Crippen molar-refractivity contribution in [3.05, 3.63) is 70.2 Å². The number of halogens is 1. The standard InChI is InChI=1S/C15H13ClN2O2/c1-10-3-2-4-12(9-10)14(17)18-20-15(19)11-5-7-13(16)8-6-11/h2-9H,1H3,(H2,17,18). The zero-order chi connectivity index (χ0) is 14.5. The number of benzene rings is 2. The fourth-order valence-corrected chi connectivity index (χ4v) is 1.71. The van der Waals surface area contributed by atoms with E-state index in [1.165, 1.54) is 0 Å². The van der Waals surface area contributed by atoms with Crippen LogP contribution in [0.2, 0.25) is 5.02 Å². The van der Waals surface area contributed by atoms with Crippen LogP contribution in [0.4, 0.5) is 0 Å². The number of hydrogen-bond acceptors (Lipinski definition) is 3. The lowest BCUT2D eigenvalue weighted by Gasteiger charge is -2.02. The van der Waals surface area contributed by atoms with E-state index in [0.29, 0.717) is 16.1 Å². The molecule has 0 spiro atoms. The Labute approximate surface area is 121 Å². The van der Waals surface area contributed by atoms with Crippen molar-refractivity contribution in [2.75, 3.05) is 0 Å². The highest BCUT2D eigenvalue weighted by Crippen LogP contribution is 2.11. The van der Waals surface area contributed by atoms with Crippen LogP contribution in [0.1, 0.15) is 21.5 Å². The van der Waals surface area contributed by atoms with Crippen LogP contribution < -0.4 is 5.73 Å². The molecule has 0 atom stereocenters. The minimum atomic E-state index is -0.586. The molecule has 0 heterocycles. The molecule has 0 amide bonds. The van der Waals surface area contributed by atoms with Gasteiger partial charge in [0, 0.05) is 10.6 Å². The molecule has 102 valence electrons. The van der Waals surface area contributed by atoms with E-state index in [0.717, 1.165) is 5.56 Å². The normalized spacial score (nSPS) is 11.2. The molecule has 0 saturated carbocycles. The van der Waals surface area contributed by atoms with Gasteiger partial charge in [0.2, 0.25) is 0 Å². The Morgan fingerprint density at radius 3 is 2.50 bits per heavy atom. The van der Waals surface area contributed by atoms with Gasteiger partial charge in [-0.15, -0.1) is 0 Å². The van der Waals surface area contributed by atoms with E-state index < -0.39 is 5.97 Å². The summed E-state index contributed by atoms with van der Waals surface area (Å²) in [5.41, 5.74) is 7.87. The Kier molecular flexibility index (Phi) is 4.38. The second kappa shape index (κ2) is 6.21. The summed E-state index contributed by atoms with van der Waals surface area (Å²) in [6.07, 6.45) is 0. The maximum absolute atomic E-state index is 11.7. The molecule has 0 saturated heterocycles. The number of carbonyl (C=O) groups is 1. The summed E-state index contributed by atoms with van der Waals surface area (Å²) in [4.78, 5) is 16.5. The van der Waals surface area contributed by atoms with Crippen LogP contribution in [-0.2, 0) is 4.84 Å². The number of aryl methyl sites for hydroxylation is 1. The van der Waals surface area contributed by atoms with Gasteiger partial charge in [0.1, 0.15) is 0 Å². The topological polar surface area (TPSA) is 64.7 Å². The molecule has 4 nitrogen and oxygen atoms in total. The summed E-state index contributed by atoms with van der Waals surface area (Å²) in [7, 11) is 0. The third-order valence-corrected chi connectivity index (χ3v) is 2.87. The van der Waals surface area contributed by atoms with Gasteiger partial charge in [-0.2, -0.15) is 0 Å². The highest BCUT2D eigenvalue weighted by Gasteiger charge is 2.07. The second-order valence-electron chi connectivity index (χ2n) is 4.23. The number of nitrogens with two attached hydrogens (primary N) is 1. The molecule has 20 heavy (non-hydrogen) atoms. The first-order valence-electron chi connectivity index (χ1n) is 5.93. The van der Waals surface area contributed by atoms with Gasteiger partial charge in [-0.3, -0.25) is 0 Å². The average molecular weight is 289 g/mol. The van der Waals surface area contributed by atoms with Crippen LogP contribution in [0.25, 0.3) is 0 Å². The minimum absolute atomic E-state index is 0.149. The Hall–Kier alpha value is -2.33. The molecule has 0 aliphatic rings. The van der Waals surface area contributed by atoms with Gasteiger partial charge in [-0.25, -0.2) is 4.79 Å². The zero-order valence-electron chi connectivity index (χ0n) is 10.8. The van der Waals surface area contributed by atoms with Crippen molar-refractivity contribution in [3.8, 4) is 0 Å². The highest BCUT2D eigenvalue weighted by molar-refractivity contribution is 6.30.